The molecule has 2 amide bonds. The van der Waals surface area contributed by atoms with Gasteiger partial charge in [-0.05, 0) is 44.4 Å². The number of fused-ring (bicyclic) bond motifs is 1. The Kier molecular flexibility index (Phi) is 6.56. The number of hydrogen-bond donors (Lipinski definition) is 1. The largest absolute Gasteiger partial charge is 0.443 e. The van der Waals surface area contributed by atoms with Gasteiger partial charge < -0.3 is 9.64 Å². The van der Waals surface area contributed by atoms with Gasteiger partial charge >= 0.3 is 16.4 Å². The first-order valence-electron chi connectivity index (χ1n) is 10.7. The Morgan fingerprint density at radius 1 is 1.24 bits per heavy atom. The molecule has 1 aromatic rings. The zero-order chi connectivity index (χ0) is 25.1. The molecule has 1 N–H and O–H groups in total. The Balaban J connectivity index is 2.14. The van der Waals surface area contributed by atoms with Crippen molar-refractivity contribution in [3.05, 3.63) is 34.3 Å². The molecule has 0 aromatic heterocycles. The van der Waals surface area contributed by atoms with Crippen LogP contribution in [0.5, 0.6) is 0 Å². The lowest BCUT2D eigenvalue weighted by Gasteiger charge is -2.57. The second-order valence-electron chi connectivity index (χ2n) is 10.6. The van der Waals surface area contributed by atoms with Crippen molar-refractivity contribution in [1.29, 1.82) is 0 Å². The number of hydrogen-bond acceptors (Lipinski definition) is 6. The molecule has 3 atom stereocenters. The molecule has 1 fully saturated rings. The van der Waals surface area contributed by atoms with E-state index in [9.17, 15) is 22.6 Å². The molecular formula is C22H32ClN3O6S. The number of carbonyl (C=O) groups is 2. The molecule has 3 rings (SSSR count). The van der Waals surface area contributed by atoms with E-state index in [0.717, 1.165) is 5.56 Å². The summed E-state index contributed by atoms with van der Waals surface area (Å²) in [6, 6.07) is 2.85. The van der Waals surface area contributed by atoms with Gasteiger partial charge in [-0.3, -0.25) is 14.2 Å². The predicted molar refractivity (Wildman–Crippen MR) is 124 cm³/mol. The van der Waals surface area contributed by atoms with Gasteiger partial charge in [-0.1, -0.05) is 37.6 Å². The molecule has 11 heteroatoms. The van der Waals surface area contributed by atoms with E-state index in [0.29, 0.717) is 22.8 Å². The average molecular weight is 502 g/mol. The maximum Gasteiger partial charge on any atom is 0.426 e. The van der Waals surface area contributed by atoms with Crippen molar-refractivity contribution in [3.8, 4) is 0 Å². The molecule has 33 heavy (non-hydrogen) atoms. The zero-order valence-corrected chi connectivity index (χ0v) is 21.6. The summed E-state index contributed by atoms with van der Waals surface area (Å²) in [4.78, 5) is 29.5. The van der Waals surface area contributed by atoms with Crippen LogP contribution in [0.1, 0.15) is 51.8 Å². The second-order valence-corrected chi connectivity index (χ2v) is 12.3. The molecule has 2 aliphatic rings. The average Bonchev–Trinajstić information content (AvgIpc) is 2.97. The molecule has 0 spiro atoms. The maximum atomic E-state index is 13.1. The van der Waals surface area contributed by atoms with Crippen LogP contribution >= 0.6 is 11.6 Å². The van der Waals surface area contributed by atoms with Gasteiger partial charge in [0.1, 0.15) is 5.60 Å². The highest BCUT2D eigenvalue weighted by molar-refractivity contribution is 7.84. The summed E-state index contributed by atoms with van der Waals surface area (Å²) in [6.07, 6.45) is -0.856. The van der Waals surface area contributed by atoms with Crippen LogP contribution in [0.2, 0.25) is 5.02 Å². The van der Waals surface area contributed by atoms with E-state index in [4.69, 9.17) is 16.3 Å². The fraction of sp³-hybridized carbons (Fsp3) is 0.636. The number of likely N-dealkylation sites (N-methyl/N-ethyl adjacent to an activating group) is 1. The summed E-state index contributed by atoms with van der Waals surface area (Å²) in [6.45, 7) is 9.23. The van der Waals surface area contributed by atoms with Crippen LogP contribution in [0, 0.1) is 5.41 Å². The molecule has 1 saturated heterocycles. The number of halogens is 1. The molecule has 1 aliphatic heterocycles. The van der Waals surface area contributed by atoms with Crippen molar-refractivity contribution >= 4 is 33.9 Å². The van der Waals surface area contributed by atoms with Crippen molar-refractivity contribution in [1.82, 2.24) is 14.1 Å². The standard InChI is InChI=1S/C22H32ClN3O6S/c1-21(2,3)32-20(28)26(33(29,30)31)17-15(11-13-9-8-10-14(23)16(13)17)25-12-22(4,5)18(25)19(27)24(6)7/h8-10,15,17-18H,11-12H2,1-7H3,(H,29,30,31)/t15-,17+,18?/m1/s1. The minimum atomic E-state index is -5.03. The Hall–Kier alpha value is -1.88. The summed E-state index contributed by atoms with van der Waals surface area (Å²) in [5.41, 5.74) is -0.192. The normalized spacial score (nSPS) is 24.6. The van der Waals surface area contributed by atoms with E-state index in [2.05, 4.69) is 0 Å². The molecule has 1 unspecified atom stereocenters. The van der Waals surface area contributed by atoms with Gasteiger partial charge in [-0.2, -0.15) is 12.7 Å². The molecular weight excluding hydrogens is 470 g/mol. The summed E-state index contributed by atoms with van der Waals surface area (Å²) >= 11 is 6.48. The number of rotatable bonds is 4. The minimum Gasteiger partial charge on any atom is -0.443 e. The third-order valence-corrected chi connectivity index (χ3v) is 7.27. The monoisotopic (exact) mass is 501 g/mol. The highest BCUT2D eigenvalue weighted by Gasteiger charge is 2.58. The number of carbonyl (C=O) groups excluding carboxylic acids is 2. The van der Waals surface area contributed by atoms with Crippen LogP contribution in [0.3, 0.4) is 0 Å². The fourth-order valence-corrected chi connectivity index (χ4v) is 5.93. The lowest BCUT2D eigenvalue weighted by molar-refractivity contribution is -0.158. The Morgan fingerprint density at radius 3 is 2.33 bits per heavy atom. The van der Waals surface area contributed by atoms with Crippen LogP contribution in [0.4, 0.5) is 4.79 Å². The molecule has 1 aliphatic carbocycles. The van der Waals surface area contributed by atoms with Crippen LogP contribution in [-0.2, 0) is 26.3 Å². The van der Waals surface area contributed by atoms with Gasteiger partial charge in [0.25, 0.3) is 0 Å². The number of benzene rings is 1. The highest BCUT2D eigenvalue weighted by atomic mass is 35.5. The summed E-state index contributed by atoms with van der Waals surface area (Å²) in [5, 5.41) is 0.271. The van der Waals surface area contributed by atoms with Gasteiger partial charge in [0.2, 0.25) is 5.91 Å². The van der Waals surface area contributed by atoms with Crippen molar-refractivity contribution in [2.24, 2.45) is 5.41 Å². The van der Waals surface area contributed by atoms with Crippen molar-refractivity contribution in [2.45, 2.75) is 64.8 Å². The van der Waals surface area contributed by atoms with Crippen LogP contribution in [0.15, 0.2) is 18.2 Å². The maximum absolute atomic E-state index is 13.1. The second kappa shape index (κ2) is 8.41. The van der Waals surface area contributed by atoms with Crippen LogP contribution in [0.25, 0.3) is 0 Å². The van der Waals surface area contributed by atoms with E-state index in [1.807, 2.05) is 18.7 Å². The lowest BCUT2D eigenvalue weighted by Crippen LogP contribution is -2.71. The fourth-order valence-electron chi connectivity index (χ4n) is 4.86. The van der Waals surface area contributed by atoms with Gasteiger partial charge in [-0.25, -0.2) is 4.79 Å². The number of amides is 2. The third kappa shape index (κ3) is 4.84. The van der Waals surface area contributed by atoms with E-state index in [1.165, 1.54) is 4.90 Å². The third-order valence-electron chi connectivity index (χ3n) is 6.07. The minimum absolute atomic E-state index is 0.122. The van der Waals surface area contributed by atoms with E-state index in [1.54, 1.807) is 53.1 Å². The Labute approximate surface area is 200 Å². The van der Waals surface area contributed by atoms with Gasteiger partial charge in [0.15, 0.2) is 0 Å². The van der Waals surface area contributed by atoms with Crippen molar-refractivity contribution < 1.29 is 27.3 Å². The van der Waals surface area contributed by atoms with Crippen molar-refractivity contribution in [2.75, 3.05) is 20.6 Å². The zero-order valence-electron chi connectivity index (χ0n) is 20.0. The molecule has 0 saturated carbocycles. The van der Waals surface area contributed by atoms with Gasteiger partial charge in [-0.15, -0.1) is 0 Å². The number of nitrogens with zero attached hydrogens (tertiary/aromatic N) is 3. The molecule has 1 aromatic carbocycles. The molecule has 0 bridgehead atoms. The lowest BCUT2D eigenvalue weighted by atomic mass is 9.72. The van der Waals surface area contributed by atoms with E-state index >= 15 is 0 Å². The van der Waals surface area contributed by atoms with Crippen molar-refractivity contribution in [3.63, 3.8) is 0 Å². The first kappa shape index (κ1) is 25.7. The smallest absolute Gasteiger partial charge is 0.426 e. The van der Waals surface area contributed by atoms with Gasteiger partial charge in [0, 0.05) is 37.1 Å². The summed E-state index contributed by atoms with van der Waals surface area (Å²) in [7, 11) is -1.71. The first-order valence-corrected chi connectivity index (χ1v) is 12.5. The SMILES string of the molecule is CN(C)C(=O)C1N([C@@H]2Cc3cccc(Cl)c3[C@H]2N(C(=O)OC(C)(C)C)S(=O)(=O)O)CC1(C)C. The van der Waals surface area contributed by atoms with E-state index in [-0.39, 0.29) is 16.3 Å². The van der Waals surface area contributed by atoms with Crippen LogP contribution < -0.4 is 0 Å². The number of likely N-dealkylation sites (tertiary alicyclic amines) is 1. The quantitative estimate of drug-likeness (QED) is 0.631. The predicted octanol–water partition coefficient (Wildman–Crippen LogP) is 3.14. The first-order chi connectivity index (χ1) is 15.0. The Bertz CT molecular complexity index is 1070. The molecule has 184 valence electrons. The highest BCUT2D eigenvalue weighted by Crippen LogP contribution is 2.49. The summed E-state index contributed by atoms with van der Waals surface area (Å²) < 4.78 is 40.9. The molecule has 1 heterocycles. The topological polar surface area (TPSA) is 107 Å². The Morgan fingerprint density at radius 2 is 1.85 bits per heavy atom. The van der Waals surface area contributed by atoms with E-state index < -0.39 is 40.1 Å². The number of ether oxygens (including phenoxy) is 1. The summed E-state index contributed by atoms with van der Waals surface area (Å²) in [5.74, 6) is -0.122. The van der Waals surface area contributed by atoms with Gasteiger partial charge in [0.05, 0.1) is 12.1 Å². The van der Waals surface area contributed by atoms with Crippen LogP contribution in [-0.4, -0.2) is 77.4 Å². The molecule has 0 radical (unpaired) electrons. The molecule has 9 nitrogen and oxygen atoms in total.